The van der Waals surface area contributed by atoms with Gasteiger partial charge in [-0.05, 0) is 24.1 Å². The summed E-state index contributed by atoms with van der Waals surface area (Å²) in [6.45, 7) is 0. The van der Waals surface area contributed by atoms with E-state index in [4.69, 9.17) is 20.8 Å². The van der Waals surface area contributed by atoms with Crippen LogP contribution >= 0.6 is 11.6 Å². The summed E-state index contributed by atoms with van der Waals surface area (Å²) in [6, 6.07) is 9.08. The van der Waals surface area contributed by atoms with E-state index in [0.29, 0.717) is 24.4 Å². The van der Waals surface area contributed by atoms with Crippen molar-refractivity contribution in [2.75, 3.05) is 7.11 Å². The van der Waals surface area contributed by atoms with Crippen LogP contribution in [-0.4, -0.2) is 17.3 Å². The predicted octanol–water partition coefficient (Wildman–Crippen LogP) is 3.65. The zero-order valence-electron chi connectivity index (χ0n) is 12.9. The van der Waals surface area contributed by atoms with Gasteiger partial charge in [-0.3, -0.25) is 4.79 Å². The van der Waals surface area contributed by atoms with Gasteiger partial charge < -0.3 is 19.4 Å². The summed E-state index contributed by atoms with van der Waals surface area (Å²) < 4.78 is 10.7. The maximum atomic E-state index is 12.2. The highest BCUT2D eigenvalue weighted by atomic mass is 35.5. The van der Waals surface area contributed by atoms with Gasteiger partial charge in [0.1, 0.15) is 23.0 Å². The summed E-state index contributed by atoms with van der Waals surface area (Å²) in [5.41, 5.74) is 0.689. The van der Waals surface area contributed by atoms with E-state index in [1.165, 1.54) is 31.4 Å². The van der Waals surface area contributed by atoms with Gasteiger partial charge in [0.05, 0.1) is 17.5 Å². The van der Waals surface area contributed by atoms with Crippen LogP contribution in [0.1, 0.15) is 11.3 Å². The Bertz CT molecular complexity index is 962. The second-order valence-corrected chi connectivity index (χ2v) is 5.78. The summed E-state index contributed by atoms with van der Waals surface area (Å²) in [5.74, 6) is 1.06. The van der Waals surface area contributed by atoms with E-state index in [0.717, 1.165) is 5.56 Å². The van der Waals surface area contributed by atoms with E-state index in [1.54, 1.807) is 12.1 Å². The van der Waals surface area contributed by atoms with Gasteiger partial charge in [0, 0.05) is 24.6 Å². The van der Waals surface area contributed by atoms with Gasteiger partial charge in [0.25, 0.3) is 0 Å². The number of phenols is 2. The third kappa shape index (κ3) is 3.16. The Morgan fingerprint density at radius 2 is 1.92 bits per heavy atom. The summed E-state index contributed by atoms with van der Waals surface area (Å²) in [5, 5.41) is 19.9. The van der Waals surface area contributed by atoms with Crippen molar-refractivity contribution in [2.45, 2.75) is 12.8 Å². The number of aromatic hydroxyl groups is 2. The van der Waals surface area contributed by atoms with Crippen LogP contribution in [0, 0.1) is 0 Å². The van der Waals surface area contributed by atoms with Crippen LogP contribution in [0.3, 0.4) is 0 Å². The van der Waals surface area contributed by atoms with Crippen molar-refractivity contribution in [2.24, 2.45) is 0 Å². The second kappa shape index (κ2) is 6.45. The normalized spacial score (nSPS) is 10.9. The SMILES string of the molecule is COc1ccc(CCc2cc(=O)c3cc(O)cc(Cl)c3o2)c(O)c1. The number of rotatable bonds is 4. The van der Waals surface area contributed by atoms with Crippen molar-refractivity contribution in [3.8, 4) is 17.2 Å². The largest absolute Gasteiger partial charge is 0.508 e. The number of benzene rings is 2. The van der Waals surface area contributed by atoms with E-state index in [9.17, 15) is 15.0 Å². The van der Waals surface area contributed by atoms with Gasteiger partial charge in [0.15, 0.2) is 11.0 Å². The minimum atomic E-state index is -0.275. The van der Waals surface area contributed by atoms with Crippen molar-refractivity contribution < 1.29 is 19.4 Å². The third-order valence-electron chi connectivity index (χ3n) is 3.75. The van der Waals surface area contributed by atoms with E-state index < -0.39 is 0 Å². The van der Waals surface area contributed by atoms with Gasteiger partial charge in [-0.25, -0.2) is 0 Å². The van der Waals surface area contributed by atoms with Crippen molar-refractivity contribution in [1.29, 1.82) is 0 Å². The summed E-state index contributed by atoms with van der Waals surface area (Å²) in [6.07, 6.45) is 0.905. The topological polar surface area (TPSA) is 79.9 Å². The molecule has 5 nitrogen and oxygen atoms in total. The van der Waals surface area contributed by atoms with Gasteiger partial charge in [-0.2, -0.15) is 0 Å². The van der Waals surface area contributed by atoms with Crippen LogP contribution < -0.4 is 10.2 Å². The Kier molecular flexibility index (Phi) is 4.36. The highest BCUT2D eigenvalue weighted by molar-refractivity contribution is 6.34. The minimum absolute atomic E-state index is 0.0873. The number of hydrogen-bond acceptors (Lipinski definition) is 5. The third-order valence-corrected chi connectivity index (χ3v) is 4.03. The monoisotopic (exact) mass is 346 g/mol. The van der Waals surface area contributed by atoms with Gasteiger partial charge in [-0.1, -0.05) is 17.7 Å². The molecule has 0 saturated heterocycles. The first-order chi connectivity index (χ1) is 11.5. The van der Waals surface area contributed by atoms with Crippen molar-refractivity contribution in [3.05, 3.63) is 63.0 Å². The number of ether oxygens (including phenoxy) is 1. The molecule has 0 spiro atoms. The Morgan fingerprint density at radius 3 is 2.62 bits per heavy atom. The number of hydrogen-bond donors (Lipinski definition) is 2. The molecule has 6 heteroatoms. The van der Waals surface area contributed by atoms with Crippen LogP contribution in [0.25, 0.3) is 11.0 Å². The van der Waals surface area contributed by atoms with Crippen LogP contribution in [-0.2, 0) is 12.8 Å². The average Bonchev–Trinajstić information content (AvgIpc) is 2.54. The molecular weight excluding hydrogens is 332 g/mol. The van der Waals surface area contributed by atoms with Crippen LogP contribution in [0.4, 0.5) is 0 Å². The smallest absolute Gasteiger partial charge is 0.193 e. The molecular formula is C18H15ClO5. The number of aryl methyl sites for hydroxylation is 2. The summed E-state index contributed by atoms with van der Waals surface area (Å²) in [7, 11) is 1.53. The molecule has 0 atom stereocenters. The summed E-state index contributed by atoms with van der Waals surface area (Å²) >= 11 is 6.04. The molecule has 0 radical (unpaired) electrons. The molecule has 3 aromatic rings. The Morgan fingerprint density at radius 1 is 1.12 bits per heavy atom. The molecule has 0 aliphatic heterocycles. The van der Waals surface area contributed by atoms with E-state index >= 15 is 0 Å². The fourth-order valence-electron chi connectivity index (χ4n) is 2.51. The Labute approximate surface area is 142 Å². The first-order valence-corrected chi connectivity index (χ1v) is 7.67. The lowest BCUT2D eigenvalue weighted by Crippen LogP contribution is -2.03. The molecule has 124 valence electrons. The second-order valence-electron chi connectivity index (χ2n) is 5.38. The molecule has 24 heavy (non-hydrogen) atoms. The van der Waals surface area contributed by atoms with Gasteiger partial charge in [0.2, 0.25) is 0 Å². The lowest BCUT2D eigenvalue weighted by atomic mass is 10.1. The molecule has 3 rings (SSSR count). The minimum Gasteiger partial charge on any atom is -0.508 e. The molecule has 0 saturated carbocycles. The van der Waals surface area contributed by atoms with Crippen LogP contribution in [0.2, 0.25) is 5.02 Å². The van der Waals surface area contributed by atoms with E-state index in [-0.39, 0.29) is 32.9 Å². The van der Waals surface area contributed by atoms with E-state index in [1.807, 2.05) is 0 Å². The number of halogens is 1. The fourth-order valence-corrected chi connectivity index (χ4v) is 2.77. The molecule has 0 unspecified atom stereocenters. The zero-order chi connectivity index (χ0) is 17.3. The average molecular weight is 347 g/mol. The lowest BCUT2D eigenvalue weighted by Gasteiger charge is -2.08. The molecule has 0 bridgehead atoms. The maximum Gasteiger partial charge on any atom is 0.193 e. The molecule has 2 aromatic carbocycles. The van der Waals surface area contributed by atoms with E-state index in [2.05, 4.69) is 0 Å². The molecule has 1 heterocycles. The van der Waals surface area contributed by atoms with Crippen molar-refractivity contribution >= 4 is 22.6 Å². The molecule has 2 N–H and O–H groups in total. The van der Waals surface area contributed by atoms with Crippen molar-refractivity contribution in [3.63, 3.8) is 0 Å². The highest BCUT2D eigenvalue weighted by Crippen LogP contribution is 2.28. The standard InChI is InChI=1S/C18H15ClO5/c1-23-12-4-2-10(16(21)8-12)3-5-13-9-17(22)14-6-11(20)7-15(19)18(14)24-13/h2,4,6-9,20-21H,3,5H2,1H3. The first kappa shape index (κ1) is 16.2. The lowest BCUT2D eigenvalue weighted by molar-refractivity contribution is 0.406. The zero-order valence-corrected chi connectivity index (χ0v) is 13.6. The van der Waals surface area contributed by atoms with Crippen LogP contribution in [0.15, 0.2) is 45.6 Å². The Hall–Kier alpha value is -2.66. The quantitative estimate of drug-likeness (QED) is 0.753. The van der Waals surface area contributed by atoms with Crippen LogP contribution in [0.5, 0.6) is 17.2 Å². The number of phenolic OH excluding ortho intramolecular Hbond substituents is 2. The molecule has 0 fully saturated rings. The molecule has 0 aliphatic rings. The maximum absolute atomic E-state index is 12.2. The van der Waals surface area contributed by atoms with Crippen molar-refractivity contribution in [1.82, 2.24) is 0 Å². The fraction of sp³-hybridized carbons (Fsp3) is 0.167. The van der Waals surface area contributed by atoms with Gasteiger partial charge in [-0.15, -0.1) is 0 Å². The summed E-state index contributed by atoms with van der Waals surface area (Å²) in [4.78, 5) is 12.2. The molecule has 0 amide bonds. The number of fused-ring (bicyclic) bond motifs is 1. The highest BCUT2D eigenvalue weighted by Gasteiger charge is 2.11. The number of methoxy groups -OCH3 is 1. The first-order valence-electron chi connectivity index (χ1n) is 7.29. The predicted molar refractivity (Wildman–Crippen MR) is 91.2 cm³/mol. The van der Waals surface area contributed by atoms with Gasteiger partial charge >= 0.3 is 0 Å². The molecule has 1 aromatic heterocycles. The molecule has 0 aliphatic carbocycles. The Balaban J connectivity index is 1.90.